The molecule has 0 unspecified atom stereocenters. The molecule has 1 aromatic heterocycles. The van der Waals surface area contributed by atoms with Crippen molar-refractivity contribution in [1.29, 1.82) is 0 Å². The van der Waals surface area contributed by atoms with E-state index in [1.807, 2.05) is 0 Å². The first-order valence-corrected chi connectivity index (χ1v) is 8.53. The van der Waals surface area contributed by atoms with E-state index in [2.05, 4.69) is 43.3 Å². The second-order valence-corrected chi connectivity index (χ2v) is 5.86. The summed E-state index contributed by atoms with van der Waals surface area (Å²) in [7, 11) is 0. The predicted molar refractivity (Wildman–Crippen MR) is 86.1 cm³/mol. The lowest BCUT2D eigenvalue weighted by atomic mass is 10.0. The fourth-order valence-electron chi connectivity index (χ4n) is 2.12. The summed E-state index contributed by atoms with van der Waals surface area (Å²) in [6, 6.07) is 0. The van der Waals surface area contributed by atoms with E-state index in [1.165, 1.54) is 30.1 Å². The normalized spacial score (nSPS) is 11.2. The molecule has 0 aliphatic rings. The maximum Gasteiger partial charge on any atom is 0.185 e. The Morgan fingerprint density at radius 3 is 2.58 bits per heavy atom. The van der Waals surface area contributed by atoms with Crippen molar-refractivity contribution in [2.24, 2.45) is 5.92 Å². The van der Waals surface area contributed by atoms with Crippen LogP contribution in [0.3, 0.4) is 0 Å². The highest BCUT2D eigenvalue weighted by atomic mass is 32.1. The standard InChI is InChI=1S/C15H29N3S/c1-5-9-16-10-14-12-19-15(17-14)18(8-4)11-13(6-2)7-3/h12-13,16H,5-11H2,1-4H3. The Bertz CT molecular complexity index is 334. The number of anilines is 1. The number of thiazole rings is 1. The summed E-state index contributed by atoms with van der Waals surface area (Å²) in [6.07, 6.45) is 3.68. The summed E-state index contributed by atoms with van der Waals surface area (Å²) in [5.41, 5.74) is 1.18. The molecule has 1 aromatic rings. The van der Waals surface area contributed by atoms with E-state index in [0.29, 0.717) is 0 Å². The number of aromatic nitrogens is 1. The highest BCUT2D eigenvalue weighted by molar-refractivity contribution is 7.13. The van der Waals surface area contributed by atoms with Crippen LogP contribution < -0.4 is 10.2 Å². The van der Waals surface area contributed by atoms with Gasteiger partial charge in [0.15, 0.2) is 5.13 Å². The predicted octanol–water partition coefficient (Wildman–Crippen LogP) is 3.91. The Kier molecular flexibility index (Phi) is 8.07. The number of rotatable bonds is 10. The maximum atomic E-state index is 4.76. The van der Waals surface area contributed by atoms with E-state index >= 15 is 0 Å². The molecule has 0 saturated heterocycles. The molecule has 0 bridgehead atoms. The van der Waals surface area contributed by atoms with Gasteiger partial charge in [0.05, 0.1) is 5.69 Å². The van der Waals surface area contributed by atoms with E-state index in [4.69, 9.17) is 4.98 Å². The SMILES string of the molecule is CCCNCc1csc(N(CC)CC(CC)CC)n1. The van der Waals surface area contributed by atoms with Crippen LogP contribution in [0, 0.1) is 5.92 Å². The lowest BCUT2D eigenvalue weighted by Gasteiger charge is -2.24. The zero-order valence-corrected chi connectivity index (χ0v) is 13.7. The van der Waals surface area contributed by atoms with Crippen molar-refractivity contribution in [2.75, 3.05) is 24.5 Å². The monoisotopic (exact) mass is 283 g/mol. The summed E-state index contributed by atoms with van der Waals surface area (Å²) < 4.78 is 0. The average molecular weight is 283 g/mol. The van der Waals surface area contributed by atoms with E-state index in [-0.39, 0.29) is 0 Å². The number of nitrogens with one attached hydrogen (secondary N) is 1. The van der Waals surface area contributed by atoms with Crippen LogP contribution >= 0.6 is 11.3 Å². The minimum atomic E-state index is 0.783. The van der Waals surface area contributed by atoms with Gasteiger partial charge in [-0.2, -0.15) is 0 Å². The molecule has 1 rings (SSSR count). The summed E-state index contributed by atoms with van der Waals surface area (Å²) in [5, 5.41) is 6.78. The Morgan fingerprint density at radius 1 is 1.26 bits per heavy atom. The van der Waals surface area contributed by atoms with Crippen molar-refractivity contribution in [2.45, 2.75) is 53.5 Å². The minimum absolute atomic E-state index is 0.783. The second-order valence-electron chi connectivity index (χ2n) is 5.02. The maximum absolute atomic E-state index is 4.76. The molecule has 1 heterocycles. The molecule has 3 nitrogen and oxygen atoms in total. The van der Waals surface area contributed by atoms with E-state index in [1.54, 1.807) is 11.3 Å². The molecule has 0 saturated carbocycles. The molecule has 0 radical (unpaired) electrons. The molecular formula is C15H29N3S. The van der Waals surface area contributed by atoms with Crippen LogP contribution in [0.2, 0.25) is 0 Å². The summed E-state index contributed by atoms with van der Waals surface area (Å²) in [4.78, 5) is 7.18. The van der Waals surface area contributed by atoms with Gasteiger partial charge >= 0.3 is 0 Å². The molecule has 0 amide bonds. The molecular weight excluding hydrogens is 254 g/mol. The van der Waals surface area contributed by atoms with Crippen LogP contribution in [-0.4, -0.2) is 24.6 Å². The van der Waals surface area contributed by atoms with Crippen LogP contribution in [0.25, 0.3) is 0 Å². The smallest absolute Gasteiger partial charge is 0.185 e. The molecule has 0 atom stereocenters. The summed E-state index contributed by atoms with van der Waals surface area (Å²) in [5.74, 6) is 0.783. The van der Waals surface area contributed by atoms with Gasteiger partial charge in [-0.3, -0.25) is 0 Å². The summed E-state index contributed by atoms with van der Waals surface area (Å²) >= 11 is 1.78. The second kappa shape index (κ2) is 9.32. The van der Waals surface area contributed by atoms with Gasteiger partial charge in [-0.1, -0.05) is 33.6 Å². The Balaban J connectivity index is 2.55. The third-order valence-corrected chi connectivity index (χ3v) is 4.51. The van der Waals surface area contributed by atoms with Gasteiger partial charge in [0.1, 0.15) is 0 Å². The Hall–Kier alpha value is -0.610. The lowest BCUT2D eigenvalue weighted by molar-refractivity contribution is 0.485. The van der Waals surface area contributed by atoms with Gasteiger partial charge in [-0.05, 0) is 25.8 Å². The van der Waals surface area contributed by atoms with Gasteiger partial charge in [0.25, 0.3) is 0 Å². The lowest BCUT2D eigenvalue weighted by Crippen LogP contribution is -2.29. The minimum Gasteiger partial charge on any atom is -0.348 e. The topological polar surface area (TPSA) is 28.2 Å². The number of hydrogen-bond acceptors (Lipinski definition) is 4. The van der Waals surface area contributed by atoms with Crippen molar-refractivity contribution in [1.82, 2.24) is 10.3 Å². The molecule has 4 heteroatoms. The zero-order chi connectivity index (χ0) is 14.1. The van der Waals surface area contributed by atoms with E-state index in [0.717, 1.165) is 32.1 Å². The quantitative estimate of drug-likeness (QED) is 0.660. The van der Waals surface area contributed by atoms with Crippen molar-refractivity contribution >= 4 is 16.5 Å². The third-order valence-electron chi connectivity index (χ3n) is 3.56. The molecule has 19 heavy (non-hydrogen) atoms. The Morgan fingerprint density at radius 2 is 2.00 bits per heavy atom. The molecule has 0 aromatic carbocycles. The molecule has 0 aliphatic carbocycles. The van der Waals surface area contributed by atoms with Gasteiger partial charge in [0, 0.05) is 25.0 Å². The third kappa shape index (κ3) is 5.49. The zero-order valence-electron chi connectivity index (χ0n) is 12.9. The fraction of sp³-hybridized carbons (Fsp3) is 0.800. The first kappa shape index (κ1) is 16.4. The number of nitrogens with zero attached hydrogens (tertiary/aromatic N) is 2. The van der Waals surface area contributed by atoms with Crippen LogP contribution in [0.4, 0.5) is 5.13 Å². The molecule has 110 valence electrons. The van der Waals surface area contributed by atoms with Crippen LogP contribution in [-0.2, 0) is 6.54 Å². The van der Waals surface area contributed by atoms with Crippen molar-refractivity contribution < 1.29 is 0 Å². The highest BCUT2D eigenvalue weighted by Gasteiger charge is 2.13. The molecule has 0 aliphatic heterocycles. The van der Waals surface area contributed by atoms with Gasteiger partial charge in [0.2, 0.25) is 0 Å². The molecule has 0 fully saturated rings. The fourth-order valence-corrected chi connectivity index (χ4v) is 3.02. The van der Waals surface area contributed by atoms with Gasteiger partial charge in [-0.25, -0.2) is 4.98 Å². The average Bonchev–Trinajstić information content (AvgIpc) is 2.89. The molecule has 1 N–H and O–H groups in total. The largest absolute Gasteiger partial charge is 0.348 e. The highest BCUT2D eigenvalue weighted by Crippen LogP contribution is 2.22. The van der Waals surface area contributed by atoms with Crippen molar-refractivity contribution in [3.8, 4) is 0 Å². The van der Waals surface area contributed by atoms with Crippen LogP contribution in [0.5, 0.6) is 0 Å². The summed E-state index contributed by atoms with van der Waals surface area (Å²) in [6.45, 7) is 13.1. The van der Waals surface area contributed by atoms with E-state index < -0.39 is 0 Å². The van der Waals surface area contributed by atoms with Crippen molar-refractivity contribution in [3.05, 3.63) is 11.1 Å². The van der Waals surface area contributed by atoms with Crippen LogP contribution in [0.15, 0.2) is 5.38 Å². The van der Waals surface area contributed by atoms with Crippen molar-refractivity contribution in [3.63, 3.8) is 0 Å². The molecule has 0 spiro atoms. The van der Waals surface area contributed by atoms with Crippen LogP contribution in [0.1, 0.15) is 52.7 Å². The first-order chi connectivity index (χ1) is 9.24. The number of hydrogen-bond donors (Lipinski definition) is 1. The van der Waals surface area contributed by atoms with Gasteiger partial charge in [-0.15, -0.1) is 11.3 Å². The first-order valence-electron chi connectivity index (χ1n) is 7.65. The Labute approximate surface area is 122 Å². The van der Waals surface area contributed by atoms with E-state index in [9.17, 15) is 0 Å². The van der Waals surface area contributed by atoms with Gasteiger partial charge < -0.3 is 10.2 Å².